The van der Waals surface area contributed by atoms with Crippen LogP contribution < -0.4 is 20.0 Å². The van der Waals surface area contributed by atoms with Gasteiger partial charge in [0.05, 0.1) is 11.4 Å². The Balaban J connectivity index is 1.40. The maximum Gasteiger partial charge on any atom is 0.283 e. The van der Waals surface area contributed by atoms with E-state index in [1.807, 2.05) is 38.1 Å². The van der Waals surface area contributed by atoms with Gasteiger partial charge in [-0.2, -0.15) is 0 Å². The number of carbonyl (C=O) groups is 2. The molecule has 1 fully saturated rings. The van der Waals surface area contributed by atoms with E-state index in [-0.39, 0.29) is 11.8 Å². The van der Waals surface area contributed by atoms with E-state index in [1.165, 1.54) is 16.0 Å². The highest BCUT2D eigenvalue weighted by atomic mass is 16.2. The van der Waals surface area contributed by atoms with Gasteiger partial charge < -0.3 is 15.1 Å². The van der Waals surface area contributed by atoms with Crippen LogP contribution in [-0.4, -0.2) is 50.1 Å². The normalized spacial score (nSPS) is 22.9. The number of nitrogens with one attached hydrogen (secondary N) is 3. The van der Waals surface area contributed by atoms with E-state index in [1.54, 1.807) is 9.80 Å². The van der Waals surface area contributed by atoms with Gasteiger partial charge in [-0.1, -0.05) is 36.4 Å². The summed E-state index contributed by atoms with van der Waals surface area (Å²) >= 11 is 0. The van der Waals surface area contributed by atoms with Crippen molar-refractivity contribution in [3.05, 3.63) is 59.7 Å². The molecular formula is C24H32N4O2+2. The van der Waals surface area contributed by atoms with Crippen LogP contribution in [0, 0.1) is 6.92 Å². The third-order valence-corrected chi connectivity index (χ3v) is 6.52. The molecule has 2 heterocycles. The number of hydrogen-bond donors (Lipinski definition) is 3. The molecule has 2 aromatic rings. The fourth-order valence-corrected chi connectivity index (χ4v) is 4.58. The smallest absolute Gasteiger partial charge is 0.283 e. The lowest BCUT2D eigenvalue weighted by Crippen LogP contribution is -3.28. The number of aryl methyl sites for hydroxylation is 1. The van der Waals surface area contributed by atoms with Gasteiger partial charge in [0.2, 0.25) is 5.91 Å². The van der Waals surface area contributed by atoms with Crippen molar-refractivity contribution in [3.8, 4) is 0 Å². The van der Waals surface area contributed by atoms with Crippen LogP contribution in [-0.2, 0) is 16.1 Å². The van der Waals surface area contributed by atoms with Crippen LogP contribution in [0.1, 0.15) is 25.0 Å². The maximum absolute atomic E-state index is 13.3. The SMILES string of the molecule is Cc1ccccc1C[NH+]1CC[NH+](CC(=O)N2c3ccccc3NC(=O)C2(C)C)CC1. The summed E-state index contributed by atoms with van der Waals surface area (Å²) in [5.74, 6) is -0.128. The van der Waals surface area contributed by atoms with E-state index in [0.29, 0.717) is 12.2 Å². The lowest BCUT2D eigenvalue weighted by molar-refractivity contribution is -1.02. The van der Waals surface area contributed by atoms with Gasteiger partial charge >= 0.3 is 0 Å². The summed E-state index contributed by atoms with van der Waals surface area (Å²) in [5.41, 5.74) is 3.35. The van der Waals surface area contributed by atoms with Crippen molar-refractivity contribution in [2.75, 3.05) is 42.9 Å². The van der Waals surface area contributed by atoms with Gasteiger partial charge in [0.1, 0.15) is 38.3 Å². The largest absolute Gasteiger partial charge is 0.322 e. The van der Waals surface area contributed by atoms with E-state index < -0.39 is 5.54 Å². The number of carbonyl (C=O) groups excluding carboxylic acids is 2. The maximum atomic E-state index is 13.3. The Labute approximate surface area is 178 Å². The zero-order chi connectivity index (χ0) is 21.3. The summed E-state index contributed by atoms with van der Waals surface area (Å²) < 4.78 is 0. The number of benzene rings is 2. The van der Waals surface area contributed by atoms with Gasteiger partial charge in [-0.05, 0) is 38.5 Å². The summed E-state index contributed by atoms with van der Waals surface area (Å²) in [6, 6.07) is 16.1. The molecule has 6 nitrogen and oxygen atoms in total. The first-order valence-corrected chi connectivity index (χ1v) is 10.8. The molecule has 0 unspecified atom stereocenters. The minimum absolute atomic E-state index is 0.0136. The van der Waals surface area contributed by atoms with Crippen molar-refractivity contribution in [3.63, 3.8) is 0 Å². The molecule has 0 bridgehead atoms. The van der Waals surface area contributed by atoms with E-state index in [2.05, 4.69) is 36.5 Å². The number of nitrogens with zero attached hydrogens (tertiary/aromatic N) is 1. The molecule has 0 aromatic heterocycles. The highest BCUT2D eigenvalue weighted by molar-refractivity contribution is 6.14. The van der Waals surface area contributed by atoms with Crippen LogP contribution in [0.4, 0.5) is 11.4 Å². The summed E-state index contributed by atoms with van der Waals surface area (Å²) in [4.78, 5) is 30.5. The van der Waals surface area contributed by atoms with Gasteiger partial charge in [-0.3, -0.25) is 14.5 Å². The number of para-hydroxylation sites is 2. The van der Waals surface area contributed by atoms with Crippen LogP contribution in [0.3, 0.4) is 0 Å². The standard InChI is InChI=1S/C24H30N4O2/c1-18-8-4-5-9-19(18)16-26-12-14-27(15-13-26)17-22(29)28-21-11-7-6-10-20(21)25-23(30)24(28,2)3/h4-11H,12-17H2,1-3H3,(H,25,30)/p+2. The Bertz CT molecular complexity index is 948. The third-order valence-electron chi connectivity index (χ3n) is 6.52. The molecule has 0 aliphatic carbocycles. The fraction of sp³-hybridized carbons (Fsp3) is 0.417. The lowest BCUT2D eigenvalue weighted by atomic mass is 9.96. The van der Waals surface area contributed by atoms with Crippen LogP contribution in [0.25, 0.3) is 0 Å². The molecule has 1 saturated heterocycles. The molecule has 4 rings (SSSR count). The minimum Gasteiger partial charge on any atom is -0.322 e. The predicted molar refractivity (Wildman–Crippen MR) is 118 cm³/mol. The first-order chi connectivity index (χ1) is 14.4. The van der Waals surface area contributed by atoms with E-state index in [0.717, 1.165) is 38.4 Å². The molecule has 30 heavy (non-hydrogen) atoms. The summed E-state index contributed by atoms with van der Waals surface area (Å²) in [5, 5.41) is 2.93. The quantitative estimate of drug-likeness (QED) is 0.669. The molecule has 2 aliphatic heterocycles. The van der Waals surface area contributed by atoms with E-state index in [4.69, 9.17) is 0 Å². The van der Waals surface area contributed by atoms with Crippen molar-refractivity contribution in [2.24, 2.45) is 0 Å². The highest BCUT2D eigenvalue weighted by Gasteiger charge is 2.44. The van der Waals surface area contributed by atoms with Crippen molar-refractivity contribution in [1.82, 2.24) is 0 Å². The second-order valence-corrected chi connectivity index (χ2v) is 9.04. The first kappa shape index (κ1) is 20.6. The number of rotatable bonds is 4. The van der Waals surface area contributed by atoms with Gasteiger partial charge in [0.25, 0.3) is 5.91 Å². The Morgan fingerprint density at radius 3 is 2.37 bits per heavy atom. The highest BCUT2D eigenvalue weighted by Crippen LogP contribution is 2.36. The molecule has 2 aliphatic rings. The molecular weight excluding hydrogens is 376 g/mol. The second kappa shape index (κ2) is 8.20. The minimum atomic E-state index is -0.900. The molecule has 2 amide bonds. The Morgan fingerprint density at radius 2 is 1.63 bits per heavy atom. The first-order valence-electron chi connectivity index (χ1n) is 10.8. The fourth-order valence-electron chi connectivity index (χ4n) is 4.58. The Hall–Kier alpha value is -2.70. The number of piperazine rings is 1. The number of quaternary nitrogens is 2. The van der Waals surface area contributed by atoms with Crippen molar-refractivity contribution >= 4 is 23.2 Å². The summed E-state index contributed by atoms with van der Waals surface area (Å²) in [6.07, 6.45) is 0. The topological polar surface area (TPSA) is 58.3 Å². The predicted octanol–water partition coefficient (Wildman–Crippen LogP) is 0.0423. The van der Waals surface area contributed by atoms with Crippen molar-refractivity contribution < 1.29 is 19.4 Å². The molecule has 158 valence electrons. The van der Waals surface area contributed by atoms with Gasteiger partial charge in [0, 0.05) is 5.56 Å². The average molecular weight is 409 g/mol. The van der Waals surface area contributed by atoms with Crippen LogP contribution in [0.15, 0.2) is 48.5 Å². The van der Waals surface area contributed by atoms with E-state index >= 15 is 0 Å². The summed E-state index contributed by atoms with van der Waals surface area (Å²) in [7, 11) is 0. The molecule has 3 N–H and O–H groups in total. The molecule has 0 saturated carbocycles. The number of fused-ring (bicyclic) bond motifs is 1. The van der Waals surface area contributed by atoms with Crippen LogP contribution in [0.2, 0.25) is 0 Å². The van der Waals surface area contributed by atoms with Gasteiger partial charge in [0.15, 0.2) is 6.54 Å². The number of hydrogen-bond acceptors (Lipinski definition) is 2. The summed E-state index contributed by atoms with van der Waals surface area (Å²) in [6.45, 7) is 11.3. The zero-order valence-corrected chi connectivity index (χ0v) is 18.1. The monoisotopic (exact) mass is 408 g/mol. The zero-order valence-electron chi connectivity index (χ0n) is 18.1. The molecule has 0 spiro atoms. The van der Waals surface area contributed by atoms with Crippen LogP contribution in [0.5, 0.6) is 0 Å². The average Bonchev–Trinajstić information content (AvgIpc) is 2.72. The third kappa shape index (κ3) is 3.98. The second-order valence-electron chi connectivity index (χ2n) is 9.04. The van der Waals surface area contributed by atoms with Crippen molar-refractivity contribution in [2.45, 2.75) is 32.9 Å². The van der Waals surface area contributed by atoms with Crippen molar-refractivity contribution in [1.29, 1.82) is 0 Å². The Kier molecular flexibility index (Phi) is 5.62. The van der Waals surface area contributed by atoms with Crippen LogP contribution >= 0.6 is 0 Å². The molecule has 0 atom stereocenters. The lowest BCUT2D eigenvalue weighted by Gasteiger charge is -2.42. The number of anilines is 2. The van der Waals surface area contributed by atoms with Gasteiger partial charge in [-0.15, -0.1) is 0 Å². The number of amides is 2. The van der Waals surface area contributed by atoms with Gasteiger partial charge in [-0.25, -0.2) is 0 Å². The molecule has 2 aromatic carbocycles. The molecule has 6 heteroatoms. The Morgan fingerprint density at radius 1 is 1.00 bits per heavy atom. The molecule has 0 radical (unpaired) electrons. The van der Waals surface area contributed by atoms with E-state index in [9.17, 15) is 9.59 Å².